The molecular weight excluding hydrogens is 278 g/mol. The van der Waals surface area contributed by atoms with Gasteiger partial charge in [0.2, 0.25) is 0 Å². The average molecular weight is 292 g/mol. The zero-order valence-corrected chi connectivity index (χ0v) is 11.9. The second kappa shape index (κ2) is 5.33. The van der Waals surface area contributed by atoms with Crippen molar-refractivity contribution in [2.75, 3.05) is 6.54 Å². The summed E-state index contributed by atoms with van der Waals surface area (Å²) < 4.78 is 2.08. The van der Waals surface area contributed by atoms with Gasteiger partial charge < -0.3 is 10.1 Å². The molecule has 0 bridgehead atoms. The van der Waals surface area contributed by atoms with Crippen molar-refractivity contribution in [3.63, 3.8) is 0 Å². The van der Waals surface area contributed by atoms with E-state index in [1.54, 1.807) is 11.3 Å². The van der Waals surface area contributed by atoms with E-state index in [1.807, 2.05) is 24.4 Å². The van der Waals surface area contributed by atoms with Crippen molar-refractivity contribution in [2.24, 2.45) is 5.73 Å². The second-order valence-corrected chi connectivity index (χ2v) is 5.74. The van der Waals surface area contributed by atoms with Crippen LogP contribution in [0.3, 0.4) is 0 Å². The van der Waals surface area contributed by atoms with Gasteiger partial charge in [-0.3, -0.25) is 0 Å². The van der Waals surface area contributed by atoms with Crippen LogP contribution in [-0.4, -0.2) is 15.9 Å². The lowest BCUT2D eigenvalue weighted by Gasteiger charge is -2.03. The van der Waals surface area contributed by atoms with Crippen molar-refractivity contribution in [1.29, 1.82) is 0 Å². The third-order valence-electron chi connectivity index (χ3n) is 3.05. The summed E-state index contributed by atoms with van der Waals surface area (Å²) in [5, 5.41) is 2.79. The number of imidazole rings is 1. The lowest BCUT2D eigenvalue weighted by atomic mass is 10.2. The first-order valence-corrected chi connectivity index (χ1v) is 7.46. The summed E-state index contributed by atoms with van der Waals surface area (Å²) >= 11 is 7.79. The number of aromatic nitrogens is 2. The SMILES string of the molecule is NCCCc1c(-c2cccs2)nc2ccc(Cl)cn12. The molecule has 0 unspecified atom stereocenters. The Kier molecular flexibility index (Phi) is 3.55. The van der Waals surface area contributed by atoms with E-state index in [2.05, 4.69) is 15.8 Å². The molecule has 0 aliphatic heterocycles. The molecule has 98 valence electrons. The van der Waals surface area contributed by atoms with Crippen molar-refractivity contribution in [1.82, 2.24) is 9.38 Å². The quantitative estimate of drug-likeness (QED) is 0.798. The number of fused-ring (bicyclic) bond motifs is 1. The molecule has 0 saturated carbocycles. The van der Waals surface area contributed by atoms with Crippen molar-refractivity contribution in [3.8, 4) is 10.6 Å². The summed E-state index contributed by atoms with van der Waals surface area (Å²) in [7, 11) is 0. The largest absolute Gasteiger partial charge is 0.330 e. The van der Waals surface area contributed by atoms with Gasteiger partial charge >= 0.3 is 0 Å². The van der Waals surface area contributed by atoms with Crippen molar-refractivity contribution < 1.29 is 0 Å². The monoisotopic (exact) mass is 291 g/mol. The van der Waals surface area contributed by atoms with E-state index in [1.165, 1.54) is 10.6 Å². The Balaban J connectivity index is 2.19. The van der Waals surface area contributed by atoms with Crippen LogP contribution in [0.1, 0.15) is 12.1 Å². The van der Waals surface area contributed by atoms with E-state index < -0.39 is 0 Å². The molecule has 0 saturated heterocycles. The third-order valence-corrected chi connectivity index (χ3v) is 4.15. The summed E-state index contributed by atoms with van der Waals surface area (Å²) in [5.41, 5.74) is 8.80. The molecule has 0 radical (unpaired) electrons. The summed E-state index contributed by atoms with van der Waals surface area (Å²) in [6.45, 7) is 0.678. The molecule has 0 aromatic carbocycles. The molecule has 3 nitrogen and oxygen atoms in total. The first-order chi connectivity index (χ1) is 9.29. The predicted octanol–water partition coefficient (Wildman–Crippen LogP) is 3.61. The number of rotatable bonds is 4. The van der Waals surface area contributed by atoms with Gasteiger partial charge in [0.15, 0.2) is 0 Å². The molecule has 19 heavy (non-hydrogen) atoms. The summed E-state index contributed by atoms with van der Waals surface area (Å²) in [6.07, 6.45) is 3.77. The molecular formula is C14H14ClN3S. The number of pyridine rings is 1. The number of nitrogens with zero attached hydrogens (tertiary/aromatic N) is 2. The number of thiophene rings is 1. The van der Waals surface area contributed by atoms with Gasteiger partial charge in [-0.05, 0) is 43.0 Å². The Morgan fingerprint density at radius 2 is 2.21 bits per heavy atom. The number of nitrogens with two attached hydrogens (primary N) is 1. The molecule has 3 aromatic rings. The Hall–Kier alpha value is -1.36. The summed E-state index contributed by atoms with van der Waals surface area (Å²) in [4.78, 5) is 5.91. The Morgan fingerprint density at radius 1 is 1.32 bits per heavy atom. The van der Waals surface area contributed by atoms with E-state index in [4.69, 9.17) is 22.3 Å². The van der Waals surface area contributed by atoms with Crippen LogP contribution in [0, 0.1) is 0 Å². The molecule has 0 spiro atoms. The van der Waals surface area contributed by atoms with Crippen LogP contribution in [0.2, 0.25) is 5.02 Å². The maximum Gasteiger partial charge on any atom is 0.137 e. The Bertz CT molecular complexity index is 688. The first-order valence-electron chi connectivity index (χ1n) is 6.20. The van der Waals surface area contributed by atoms with Crippen LogP contribution in [-0.2, 0) is 6.42 Å². The minimum absolute atomic E-state index is 0.678. The molecule has 0 amide bonds. The molecule has 3 rings (SSSR count). The lowest BCUT2D eigenvalue weighted by molar-refractivity contribution is 0.804. The van der Waals surface area contributed by atoms with Crippen molar-refractivity contribution in [3.05, 3.63) is 46.6 Å². The minimum Gasteiger partial charge on any atom is -0.330 e. The highest BCUT2D eigenvalue weighted by Gasteiger charge is 2.14. The number of hydrogen-bond donors (Lipinski definition) is 1. The first kappa shape index (κ1) is 12.7. The van der Waals surface area contributed by atoms with Gasteiger partial charge in [-0.2, -0.15) is 0 Å². The van der Waals surface area contributed by atoms with Crippen molar-refractivity contribution in [2.45, 2.75) is 12.8 Å². The molecule has 0 atom stereocenters. The van der Waals surface area contributed by atoms with Crippen LogP contribution in [0.4, 0.5) is 0 Å². The number of aryl methyl sites for hydroxylation is 1. The Labute approximate surface area is 120 Å². The number of hydrogen-bond acceptors (Lipinski definition) is 3. The predicted molar refractivity (Wildman–Crippen MR) is 80.9 cm³/mol. The molecule has 0 aliphatic carbocycles. The van der Waals surface area contributed by atoms with Gasteiger partial charge in [0, 0.05) is 6.20 Å². The number of halogens is 1. The highest BCUT2D eigenvalue weighted by atomic mass is 35.5. The fourth-order valence-electron chi connectivity index (χ4n) is 2.19. The van der Waals surface area contributed by atoms with Gasteiger partial charge in [-0.15, -0.1) is 11.3 Å². The maximum absolute atomic E-state index is 6.09. The molecule has 0 aliphatic rings. The summed E-state index contributed by atoms with van der Waals surface area (Å²) in [5.74, 6) is 0. The fourth-order valence-corrected chi connectivity index (χ4v) is 3.08. The molecule has 5 heteroatoms. The van der Waals surface area contributed by atoms with Gasteiger partial charge in [0.25, 0.3) is 0 Å². The maximum atomic E-state index is 6.09. The molecule has 2 N–H and O–H groups in total. The third kappa shape index (κ3) is 2.39. The van der Waals surface area contributed by atoms with E-state index in [0.717, 1.165) is 29.2 Å². The average Bonchev–Trinajstić information content (AvgIpc) is 3.03. The van der Waals surface area contributed by atoms with Gasteiger partial charge in [0.05, 0.1) is 15.6 Å². The normalized spacial score (nSPS) is 11.3. The fraction of sp³-hybridized carbons (Fsp3) is 0.214. The molecule has 3 aromatic heterocycles. The van der Waals surface area contributed by atoms with Gasteiger partial charge in [0.1, 0.15) is 11.3 Å². The smallest absolute Gasteiger partial charge is 0.137 e. The van der Waals surface area contributed by atoms with Gasteiger partial charge in [-0.25, -0.2) is 4.98 Å². The van der Waals surface area contributed by atoms with Crippen LogP contribution < -0.4 is 5.73 Å². The highest BCUT2D eigenvalue weighted by molar-refractivity contribution is 7.13. The minimum atomic E-state index is 0.678. The van der Waals surface area contributed by atoms with Gasteiger partial charge in [-0.1, -0.05) is 17.7 Å². The topological polar surface area (TPSA) is 43.3 Å². The van der Waals surface area contributed by atoms with E-state index in [0.29, 0.717) is 6.54 Å². The molecule has 3 heterocycles. The van der Waals surface area contributed by atoms with Crippen LogP contribution >= 0.6 is 22.9 Å². The molecule has 0 fully saturated rings. The highest BCUT2D eigenvalue weighted by Crippen LogP contribution is 2.29. The van der Waals surface area contributed by atoms with E-state index in [9.17, 15) is 0 Å². The van der Waals surface area contributed by atoms with Crippen LogP contribution in [0.15, 0.2) is 35.8 Å². The van der Waals surface area contributed by atoms with Crippen LogP contribution in [0.5, 0.6) is 0 Å². The Morgan fingerprint density at radius 3 is 2.95 bits per heavy atom. The standard InChI is InChI=1S/C14H14ClN3S/c15-10-5-6-13-17-14(12-4-2-8-19-12)11(3-1-7-16)18(13)9-10/h2,4-6,8-9H,1,3,7,16H2. The van der Waals surface area contributed by atoms with Crippen LogP contribution in [0.25, 0.3) is 16.2 Å². The van der Waals surface area contributed by atoms with Crippen molar-refractivity contribution >= 4 is 28.6 Å². The van der Waals surface area contributed by atoms with E-state index >= 15 is 0 Å². The zero-order valence-electron chi connectivity index (χ0n) is 10.3. The zero-order chi connectivity index (χ0) is 13.2. The lowest BCUT2D eigenvalue weighted by Crippen LogP contribution is -2.03. The second-order valence-electron chi connectivity index (χ2n) is 4.35. The summed E-state index contributed by atoms with van der Waals surface area (Å²) in [6, 6.07) is 7.96. The van der Waals surface area contributed by atoms with E-state index in [-0.39, 0.29) is 0 Å².